The summed E-state index contributed by atoms with van der Waals surface area (Å²) in [6.07, 6.45) is 2.83. The second kappa shape index (κ2) is 10.0. The van der Waals surface area contributed by atoms with E-state index in [-0.39, 0.29) is 30.3 Å². The lowest BCUT2D eigenvalue weighted by atomic mass is 9.89. The van der Waals surface area contributed by atoms with Crippen LogP contribution >= 0.6 is 23.7 Å². The number of aryl methyl sites for hydroxylation is 1. The summed E-state index contributed by atoms with van der Waals surface area (Å²) in [7, 11) is 0. The maximum absolute atomic E-state index is 12.4. The van der Waals surface area contributed by atoms with Gasteiger partial charge in [-0.05, 0) is 31.9 Å². The highest BCUT2D eigenvalue weighted by atomic mass is 35.5. The smallest absolute Gasteiger partial charge is 0.270 e. The summed E-state index contributed by atoms with van der Waals surface area (Å²) in [5.74, 6) is 0.162. The third-order valence-electron chi connectivity index (χ3n) is 4.52. The SMILES string of the molecule is Cc1ccc(C2OCCCC2CNC(=O)c2csc(CCN)n2)cc1.Cl. The van der Waals surface area contributed by atoms with Crippen molar-refractivity contribution in [2.24, 2.45) is 11.7 Å². The van der Waals surface area contributed by atoms with E-state index in [2.05, 4.69) is 41.5 Å². The first kappa shape index (κ1) is 20.8. The van der Waals surface area contributed by atoms with Gasteiger partial charge in [-0.1, -0.05) is 29.8 Å². The van der Waals surface area contributed by atoms with E-state index in [4.69, 9.17) is 10.5 Å². The van der Waals surface area contributed by atoms with Crippen LogP contribution in [0.15, 0.2) is 29.6 Å². The van der Waals surface area contributed by atoms with Gasteiger partial charge in [0, 0.05) is 30.9 Å². The van der Waals surface area contributed by atoms with Crippen LogP contribution in [0.4, 0.5) is 0 Å². The number of rotatable bonds is 6. The zero-order valence-electron chi connectivity index (χ0n) is 14.9. The molecule has 1 aliphatic rings. The van der Waals surface area contributed by atoms with Crippen LogP contribution in [0.3, 0.4) is 0 Å². The average molecular weight is 396 g/mol. The van der Waals surface area contributed by atoms with Crippen molar-refractivity contribution in [2.45, 2.75) is 32.3 Å². The quantitative estimate of drug-likeness (QED) is 0.786. The number of hydrogen-bond donors (Lipinski definition) is 2. The Bertz CT molecular complexity index is 705. The average Bonchev–Trinajstić information content (AvgIpc) is 3.10. The van der Waals surface area contributed by atoms with Crippen LogP contribution in [0.5, 0.6) is 0 Å². The molecule has 3 N–H and O–H groups in total. The topological polar surface area (TPSA) is 77.2 Å². The highest BCUT2D eigenvalue weighted by Gasteiger charge is 2.28. The van der Waals surface area contributed by atoms with E-state index < -0.39 is 0 Å². The summed E-state index contributed by atoms with van der Waals surface area (Å²) < 4.78 is 6.01. The first-order valence-electron chi connectivity index (χ1n) is 8.78. The van der Waals surface area contributed by atoms with Crippen molar-refractivity contribution >= 4 is 29.7 Å². The van der Waals surface area contributed by atoms with Gasteiger partial charge in [0.15, 0.2) is 0 Å². The molecular formula is C19H26ClN3O2S. The minimum absolute atomic E-state index is 0. The molecule has 5 nitrogen and oxygen atoms in total. The van der Waals surface area contributed by atoms with E-state index in [1.165, 1.54) is 22.5 Å². The van der Waals surface area contributed by atoms with Crippen LogP contribution in [0.25, 0.3) is 0 Å². The Morgan fingerprint density at radius 3 is 2.88 bits per heavy atom. The molecule has 2 atom stereocenters. The molecule has 1 amide bonds. The molecular weight excluding hydrogens is 370 g/mol. The van der Waals surface area contributed by atoms with Crippen LogP contribution in [0.1, 0.15) is 45.6 Å². The van der Waals surface area contributed by atoms with E-state index in [9.17, 15) is 4.79 Å². The van der Waals surface area contributed by atoms with Crippen molar-refractivity contribution in [2.75, 3.05) is 19.7 Å². The Hall–Kier alpha value is -1.47. The zero-order chi connectivity index (χ0) is 17.6. The van der Waals surface area contributed by atoms with E-state index in [1.807, 2.05) is 0 Å². The zero-order valence-corrected chi connectivity index (χ0v) is 16.6. The fraction of sp³-hybridized carbons (Fsp3) is 0.474. The molecule has 7 heteroatoms. The Kier molecular flexibility index (Phi) is 8.03. The Balaban J connectivity index is 0.00000243. The fourth-order valence-corrected chi connectivity index (χ4v) is 3.94. The van der Waals surface area contributed by atoms with Gasteiger partial charge in [-0.25, -0.2) is 4.98 Å². The molecule has 0 bridgehead atoms. The predicted molar refractivity (Wildman–Crippen MR) is 107 cm³/mol. The Morgan fingerprint density at radius 2 is 2.15 bits per heavy atom. The Morgan fingerprint density at radius 1 is 1.38 bits per heavy atom. The number of nitrogens with zero attached hydrogens (tertiary/aromatic N) is 1. The number of ether oxygens (including phenoxy) is 1. The van der Waals surface area contributed by atoms with Crippen molar-refractivity contribution in [3.8, 4) is 0 Å². The molecule has 142 valence electrons. The summed E-state index contributed by atoms with van der Waals surface area (Å²) in [4.78, 5) is 16.7. The number of aromatic nitrogens is 1. The van der Waals surface area contributed by atoms with Crippen LogP contribution in [-0.4, -0.2) is 30.6 Å². The second-order valence-electron chi connectivity index (χ2n) is 6.48. The predicted octanol–water partition coefficient (Wildman–Crippen LogP) is 3.27. The van der Waals surface area contributed by atoms with Crippen molar-refractivity contribution in [3.63, 3.8) is 0 Å². The lowest BCUT2D eigenvalue weighted by Gasteiger charge is -2.32. The number of benzene rings is 1. The molecule has 2 heterocycles. The van der Waals surface area contributed by atoms with Gasteiger partial charge in [0.1, 0.15) is 5.69 Å². The second-order valence-corrected chi connectivity index (χ2v) is 7.42. The van der Waals surface area contributed by atoms with Crippen LogP contribution < -0.4 is 11.1 Å². The molecule has 1 saturated heterocycles. The number of nitrogens with two attached hydrogens (primary N) is 1. The molecule has 1 fully saturated rings. The van der Waals surface area contributed by atoms with Gasteiger partial charge >= 0.3 is 0 Å². The number of amides is 1. The molecule has 1 aromatic carbocycles. The number of halogens is 1. The number of thiazole rings is 1. The number of nitrogens with one attached hydrogen (secondary N) is 1. The molecule has 0 saturated carbocycles. The summed E-state index contributed by atoms with van der Waals surface area (Å²) in [6.45, 7) is 4.00. The van der Waals surface area contributed by atoms with Crippen molar-refractivity contribution in [1.29, 1.82) is 0 Å². The van der Waals surface area contributed by atoms with Crippen molar-refractivity contribution < 1.29 is 9.53 Å². The van der Waals surface area contributed by atoms with Crippen LogP contribution in [0, 0.1) is 12.8 Å². The third-order valence-corrected chi connectivity index (χ3v) is 5.43. The standard InChI is InChI=1S/C19H25N3O2S.ClH/c1-13-4-6-14(7-5-13)18-15(3-2-10-24-18)11-21-19(23)16-12-25-17(22-16)8-9-20;/h4-7,12,15,18H,2-3,8-11,20H2,1H3,(H,21,23);1H. The molecule has 1 aliphatic heterocycles. The van der Waals surface area contributed by atoms with Crippen LogP contribution in [0.2, 0.25) is 0 Å². The molecule has 2 unspecified atom stereocenters. The minimum atomic E-state index is -0.118. The van der Waals surface area contributed by atoms with Gasteiger partial charge < -0.3 is 15.8 Å². The number of hydrogen-bond acceptors (Lipinski definition) is 5. The third kappa shape index (κ3) is 5.27. The van der Waals surface area contributed by atoms with Gasteiger partial charge in [-0.15, -0.1) is 23.7 Å². The fourth-order valence-electron chi connectivity index (χ4n) is 3.14. The van der Waals surface area contributed by atoms with Crippen LogP contribution in [-0.2, 0) is 11.2 Å². The van der Waals surface area contributed by atoms with E-state index >= 15 is 0 Å². The lowest BCUT2D eigenvalue weighted by Crippen LogP contribution is -2.35. The van der Waals surface area contributed by atoms with E-state index in [0.717, 1.165) is 24.5 Å². The minimum Gasteiger partial charge on any atom is -0.373 e. The molecule has 0 spiro atoms. The van der Waals surface area contributed by atoms with E-state index in [0.29, 0.717) is 25.2 Å². The van der Waals surface area contributed by atoms with Gasteiger partial charge in [0.05, 0.1) is 11.1 Å². The molecule has 0 aliphatic carbocycles. The molecule has 1 aromatic heterocycles. The first-order valence-corrected chi connectivity index (χ1v) is 9.66. The largest absolute Gasteiger partial charge is 0.373 e. The first-order chi connectivity index (χ1) is 12.2. The maximum atomic E-state index is 12.4. The maximum Gasteiger partial charge on any atom is 0.270 e. The number of carbonyl (C=O) groups excluding carboxylic acids is 1. The summed E-state index contributed by atoms with van der Waals surface area (Å²) in [5.41, 5.74) is 8.44. The molecule has 2 aromatic rings. The Labute approximate surface area is 164 Å². The lowest BCUT2D eigenvalue weighted by molar-refractivity contribution is -0.0272. The van der Waals surface area contributed by atoms with Gasteiger partial charge in [-0.2, -0.15) is 0 Å². The van der Waals surface area contributed by atoms with Gasteiger partial charge in [0.25, 0.3) is 5.91 Å². The van der Waals surface area contributed by atoms with Crippen molar-refractivity contribution in [1.82, 2.24) is 10.3 Å². The molecule has 26 heavy (non-hydrogen) atoms. The molecule has 0 radical (unpaired) electrons. The highest BCUT2D eigenvalue weighted by molar-refractivity contribution is 7.09. The highest BCUT2D eigenvalue weighted by Crippen LogP contribution is 2.33. The molecule has 3 rings (SSSR count). The number of carbonyl (C=O) groups is 1. The van der Waals surface area contributed by atoms with Gasteiger partial charge in [0.2, 0.25) is 0 Å². The monoisotopic (exact) mass is 395 g/mol. The van der Waals surface area contributed by atoms with Crippen molar-refractivity contribution in [3.05, 3.63) is 51.5 Å². The summed E-state index contributed by atoms with van der Waals surface area (Å²) >= 11 is 1.49. The summed E-state index contributed by atoms with van der Waals surface area (Å²) in [6, 6.07) is 8.47. The normalized spacial score (nSPS) is 19.6. The van der Waals surface area contributed by atoms with Gasteiger partial charge in [-0.3, -0.25) is 4.79 Å². The van der Waals surface area contributed by atoms with E-state index in [1.54, 1.807) is 5.38 Å². The summed E-state index contributed by atoms with van der Waals surface area (Å²) in [5, 5.41) is 5.74.